The summed E-state index contributed by atoms with van der Waals surface area (Å²) < 4.78 is 0.978. The highest BCUT2D eigenvalue weighted by Crippen LogP contribution is 2.36. The van der Waals surface area contributed by atoms with Crippen LogP contribution in [0.25, 0.3) is 0 Å². The first kappa shape index (κ1) is 15.5. The number of carbonyl (C=O) groups excluding carboxylic acids is 1. The van der Waals surface area contributed by atoms with Crippen molar-refractivity contribution in [1.82, 2.24) is 4.90 Å². The van der Waals surface area contributed by atoms with Gasteiger partial charge in [0, 0.05) is 13.1 Å². The van der Waals surface area contributed by atoms with Gasteiger partial charge in [0.1, 0.15) is 0 Å². The molecule has 0 saturated carbocycles. The Morgan fingerprint density at radius 3 is 2.45 bits per heavy atom. The lowest BCUT2D eigenvalue weighted by atomic mass is 9.76. The van der Waals surface area contributed by atoms with Crippen molar-refractivity contribution in [2.75, 3.05) is 13.1 Å². The lowest BCUT2D eigenvalue weighted by molar-refractivity contribution is -0.152. The summed E-state index contributed by atoms with van der Waals surface area (Å²) in [6.07, 6.45) is 1.69. The first-order valence-corrected chi connectivity index (χ1v) is 8.29. The Morgan fingerprint density at radius 2 is 2.05 bits per heavy atom. The van der Waals surface area contributed by atoms with Crippen molar-refractivity contribution in [2.24, 2.45) is 5.41 Å². The van der Waals surface area contributed by atoms with E-state index in [1.807, 2.05) is 19.9 Å². The van der Waals surface area contributed by atoms with Gasteiger partial charge in [0.15, 0.2) is 0 Å². The highest BCUT2D eigenvalue weighted by molar-refractivity contribution is 9.11. The summed E-state index contributed by atoms with van der Waals surface area (Å²) in [4.78, 5) is 26.3. The van der Waals surface area contributed by atoms with Gasteiger partial charge in [0.25, 0.3) is 5.91 Å². The number of hydrogen-bond acceptors (Lipinski definition) is 3. The molecule has 0 aromatic carbocycles. The summed E-state index contributed by atoms with van der Waals surface area (Å²) in [5, 5.41) is 9.36. The number of thiophene rings is 1. The normalized spacial score (nSPS) is 18.1. The molecular weight excluding hydrogens is 342 g/mol. The SMILES string of the molecule is CCC1(C(=O)O)CCN(C(=O)c2cc(C)c(Br)s2)CC1. The minimum atomic E-state index is -0.734. The number of piperidine rings is 1. The van der Waals surface area contributed by atoms with Gasteiger partial charge in [-0.1, -0.05) is 6.92 Å². The molecule has 0 bridgehead atoms. The molecule has 1 N–H and O–H groups in total. The molecule has 0 aliphatic carbocycles. The van der Waals surface area contributed by atoms with Crippen molar-refractivity contribution >= 4 is 39.1 Å². The van der Waals surface area contributed by atoms with E-state index in [-0.39, 0.29) is 5.91 Å². The molecule has 1 aliphatic heterocycles. The van der Waals surface area contributed by atoms with Crippen molar-refractivity contribution in [3.8, 4) is 0 Å². The molecule has 2 heterocycles. The topological polar surface area (TPSA) is 57.6 Å². The molecule has 1 aromatic rings. The summed E-state index contributed by atoms with van der Waals surface area (Å²) >= 11 is 4.86. The first-order valence-electron chi connectivity index (χ1n) is 6.68. The Balaban J connectivity index is 2.07. The van der Waals surface area contributed by atoms with Crippen molar-refractivity contribution in [1.29, 1.82) is 0 Å². The lowest BCUT2D eigenvalue weighted by Crippen LogP contribution is -2.46. The lowest BCUT2D eigenvalue weighted by Gasteiger charge is -2.38. The number of nitrogens with zero attached hydrogens (tertiary/aromatic N) is 1. The molecule has 0 unspecified atom stereocenters. The minimum Gasteiger partial charge on any atom is -0.481 e. The molecule has 20 heavy (non-hydrogen) atoms. The van der Waals surface area contributed by atoms with E-state index in [1.165, 1.54) is 11.3 Å². The third kappa shape index (κ3) is 2.76. The second kappa shape index (κ2) is 5.85. The molecule has 0 spiro atoms. The third-order valence-electron chi connectivity index (χ3n) is 4.21. The van der Waals surface area contributed by atoms with Crippen LogP contribution >= 0.6 is 27.3 Å². The Labute approximate surface area is 130 Å². The van der Waals surface area contributed by atoms with Crippen molar-refractivity contribution in [3.63, 3.8) is 0 Å². The van der Waals surface area contributed by atoms with E-state index in [0.717, 1.165) is 9.35 Å². The number of aliphatic carboxylic acids is 1. The van der Waals surface area contributed by atoms with Crippen LogP contribution in [0.15, 0.2) is 9.85 Å². The summed E-state index contributed by atoms with van der Waals surface area (Å²) in [7, 11) is 0. The zero-order valence-corrected chi connectivity index (χ0v) is 14.0. The summed E-state index contributed by atoms with van der Waals surface area (Å²) in [5.74, 6) is -0.722. The molecule has 4 nitrogen and oxygen atoms in total. The summed E-state index contributed by atoms with van der Waals surface area (Å²) in [6, 6.07) is 1.88. The molecule has 1 fully saturated rings. The molecule has 2 rings (SSSR count). The van der Waals surface area contributed by atoms with Crippen LogP contribution in [0.5, 0.6) is 0 Å². The molecule has 1 aliphatic rings. The summed E-state index contributed by atoms with van der Waals surface area (Å²) in [6.45, 7) is 4.91. The van der Waals surface area contributed by atoms with Gasteiger partial charge in [0.05, 0.1) is 14.1 Å². The van der Waals surface area contributed by atoms with Gasteiger partial charge >= 0.3 is 5.97 Å². The van der Waals surface area contributed by atoms with Crippen molar-refractivity contribution in [3.05, 3.63) is 20.3 Å². The number of likely N-dealkylation sites (tertiary alicyclic amines) is 1. The van der Waals surface area contributed by atoms with Gasteiger partial charge in [-0.3, -0.25) is 9.59 Å². The maximum atomic E-state index is 12.4. The standard InChI is InChI=1S/C14H18BrNO3S/c1-3-14(13(18)19)4-6-16(7-5-14)12(17)10-8-9(2)11(15)20-10/h8H,3-7H2,1-2H3,(H,18,19). The van der Waals surface area contributed by atoms with E-state index in [9.17, 15) is 14.7 Å². The van der Waals surface area contributed by atoms with Crippen LogP contribution in [0.1, 0.15) is 41.4 Å². The number of carbonyl (C=O) groups is 2. The van der Waals surface area contributed by atoms with Crippen molar-refractivity contribution in [2.45, 2.75) is 33.1 Å². The Morgan fingerprint density at radius 1 is 1.45 bits per heavy atom. The fourth-order valence-electron chi connectivity index (χ4n) is 2.58. The molecule has 1 saturated heterocycles. The Bertz CT molecular complexity index is 513. The van der Waals surface area contributed by atoms with Crippen LogP contribution < -0.4 is 0 Å². The van der Waals surface area contributed by atoms with Crippen LogP contribution in [0.4, 0.5) is 0 Å². The average Bonchev–Trinajstić information content (AvgIpc) is 2.78. The number of hydrogen-bond donors (Lipinski definition) is 1. The molecule has 1 amide bonds. The van der Waals surface area contributed by atoms with E-state index >= 15 is 0 Å². The minimum absolute atomic E-state index is 0.0129. The average molecular weight is 360 g/mol. The van der Waals surface area contributed by atoms with E-state index in [0.29, 0.717) is 37.2 Å². The number of halogens is 1. The van der Waals surface area contributed by atoms with E-state index in [1.54, 1.807) is 4.90 Å². The molecular formula is C14H18BrNO3S. The van der Waals surface area contributed by atoms with Crippen LogP contribution in [-0.2, 0) is 4.79 Å². The fourth-order valence-corrected chi connectivity index (χ4v) is 4.08. The highest BCUT2D eigenvalue weighted by atomic mass is 79.9. The maximum Gasteiger partial charge on any atom is 0.309 e. The first-order chi connectivity index (χ1) is 9.39. The zero-order chi connectivity index (χ0) is 14.9. The van der Waals surface area contributed by atoms with E-state index in [2.05, 4.69) is 15.9 Å². The van der Waals surface area contributed by atoms with E-state index in [4.69, 9.17) is 0 Å². The van der Waals surface area contributed by atoms with E-state index < -0.39 is 11.4 Å². The van der Waals surface area contributed by atoms with Gasteiger partial charge < -0.3 is 10.0 Å². The van der Waals surface area contributed by atoms with Gasteiger partial charge in [0.2, 0.25) is 0 Å². The second-order valence-corrected chi connectivity index (χ2v) is 7.67. The largest absolute Gasteiger partial charge is 0.481 e. The number of amides is 1. The van der Waals surface area contributed by atoms with Crippen LogP contribution in [0.3, 0.4) is 0 Å². The smallest absolute Gasteiger partial charge is 0.309 e. The molecule has 6 heteroatoms. The van der Waals surface area contributed by atoms with Gasteiger partial charge in [-0.25, -0.2) is 0 Å². The highest BCUT2D eigenvalue weighted by Gasteiger charge is 2.41. The molecule has 110 valence electrons. The molecule has 1 aromatic heterocycles. The number of aryl methyl sites for hydroxylation is 1. The fraction of sp³-hybridized carbons (Fsp3) is 0.571. The predicted molar refractivity (Wildman–Crippen MR) is 82.3 cm³/mol. The quantitative estimate of drug-likeness (QED) is 0.897. The monoisotopic (exact) mass is 359 g/mol. The third-order valence-corrected chi connectivity index (χ3v) is 6.33. The van der Waals surface area contributed by atoms with Crippen molar-refractivity contribution < 1.29 is 14.7 Å². The van der Waals surface area contributed by atoms with Gasteiger partial charge in [-0.15, -0.1) is 11.3 Å². The second-order valence-electron chi connectivity index (χ2n) is 5.30. The van der Waals surface area contributed by atoms with Gasteiger partial charge in [-0.05, 0) is 53.7 Å². The number of rotatable bonds is 3. The number of carboxylic acid groups (broad SMARTS) is 1. The Hall–Kier alpha value is -0.880. The van der Waals surface area contributed by atoms with Gasteiger partial charge in [-0.2, -0.15) is 0 Å². The number of carboxylic acids is 1. The molecule has 0 radical (unpaired) electrons. The maximum absolute atomic E-state index is 12.4. The summed E-state index contributed by atoms with van der Waals surface area (Å²) in [5.41, 5.74) is 0.409. The molecule has 0 atom stereocenters. The van der Waals surface area contributed by atoms with Crippen LogP contribution in [0, 0.1) is 12.3 Å². The zero-order valence-electron chi connectivity index (χ0n) is 11.6. The van der Waals surface area contributed by atoms with Crippen LogP contribution in [-0.4, -0.2) is 35.0 Å². The predicted octanol–water partition coefficient (Wildman–Crippen LogP) is 3.54. The Kier molecular flexibility index (Phi) is 4.54. The van der Waals surface area contributed by atoms with Crippen LogP contribution in [0.2, 0.25) is 0 Å².